The number of fused-ring (bicyclic) bond motifs is 2. The Morgan fingerprint density at radius 3 is 2.85 bits per heavy atom. The fourth-order valence-electron chi connectivity index (χ4n) is 5.25. The summed E-state index contributed by atoms with van der Waals surface area (Å²) in [5.41, 5.74) is 7.96. The first-order chi connectivity index (χ1) is 15.9. The van der Waals surface area contributed by atoms with Crippen LogP contribution in [-0.2, 0) is 11.8 Å². The maximum absolute atomic E-state index is 15.7. The first kappa shape index (κ1) is 20.9. The van der Waals surface area contributed by atoms with E-state index in [0.717, 1.165) is 11.1 Å². The van der Waals surface area contributed by atoms with Gasteiger partial charge < -0.3 is 5.32 Å². The molecule has 3 aromatic heterocycles. The molecule has 1 saturated heterocycles. The molecule has 33 heavy (non-hydrogen) atoms. The second-order valence-electron chi connectivity index (χ2n) is 9.02. The zero-order chi connectivity index (χ0) is 22.9. The Labute approximate surface area is 192 Å². The first-order valence-corrected chi connectivity index (χ1v) is 11.3. The van der Waals surface area contributed by atoms with E-state index in [0.29, 0.717) is 18.2 Å². The summed E-state index contributed by atoms with van der Waals surface area (Å²) in [6.07, 6.45) is -0.437. The highest BCUT2D eigenvalue weighted by Gasteiger charge is 2.54. The number of nitrogens with one attached hydrogen (secondary N) is 3. The molecule has 10 nitrogen and oxygen atoms in total. The average molecular weight is 478 g/mol. The summed E-state index contributed by atoms with van der Waals surface area (Å²) in [5.74, 6) is -1.02. The quantitative estimate of drug-likeness (QED) is 0.482. The normalized spacial score (nSPS) is 35.5. The highest BCUT2D eigenvalue weighted by Crippen LogP contribution is 2.49. The van der Waals surface area contributed by atoms with Gasteiger partial charge in [-0.3, -0.25) is 15.6 Å². The smallest absolute Gasteiger partial charge is 0.231 e. The lowest BCUT2D eigenvalue weighted by Gasteiger charge is -2.43. The Morgan fingerprint density at radius 2 is 2.12 bits per heavy atom. The molecule has 13 heteroatoms. The van der Waals surface area contributed by atoms with Crippen molar-refractivity contribution in [1.29, 1.82) is 0 Å². The van der Waals surface area contributed by atoms with E-state index in [2.05, 4.69) is 36.8 Å². The third kappa shape index (κ3) is 3.39. The summed E-state index contributed by atoms with van der Waals surface area (Å²) in [6, 6.07) is 5.25. The minimum atomic E-state index is -1.38. The van der Waals surface area contributed by atoms with Crippen LogP contribution >= 0.6 is 11.6 Å². The van der Waals surface area contributed by atoms with Crippen LogP contribution in [-0.4, -0.2) is 66.0 Å². The fraction of sp³-hybridized carbons (Fsp3) is 0.550. The molecule has 0 radical (unpaired) electrons. The summed E-state index contributed by atoms with van der Waals surface area (Å²) >= 11 is 6.76. The molecular weight excluding hydrogens is 456 g/mol. The van der Waals surface area contributed by atoms with Crippen LogP contribution in [0.1, 0.15) is 29.6 Å². The van der Waals surface area contributed by atoms with Gasteiger partial charge in [0.1, 0.15) is 12.3 Å². The van der Waals surface area contributed by atoms with Gasteiger partial charge >= 0.3 is 0 Å². The number of nitrogens with zero attached hydrogens (tertiary/aromatic N) is 6. The van der Waals surface area contributed by atoms with Crippen LogP contribution in [0.15, 0.2) is 24.4 Å². The van der Waals surface area contributed by atoms with Gasteiger partial charge in [-0.25, -0.2) is 18.0 Å². The van der Waals surface area contributed by atoms with Gasteiger partial charge in [0.25, 0.3) is 0 Å². The molecule has 0 aromatic carbocycles. The Kier molecular flexibility index (Phi) is 4.85. The van der Waals surface area contributed by atoms with Crippen LogP contribution in [0.4, 0.5) is 14.6 Å². The van der Waals surface area contributed by atoms with E-state index < -0.39 is 29.6 Å². The number of hydrogen-bond acceptors (Lipinski definition) is 7. The number of tetrazole rings is 1. The monoisotopic (exact) mass is 477 g/mol. The maximum atomic E-state index is 15.7. The van der Waals surface area contributed by atoms with Gasteiger partial charge in [-0.15, -0.1) is 16.7 Å². The number of carbonyl (C=O) groups excluding carboxylic acids is 1. The first-order valence-electron chi connectivity index (χ1n) is 10.9. The minimum Gasteiger partial charge on any atom is -0.309 e. The van der Waals surface area contributed by atoms with Crippen LogP contribution in [0.5, 0.6) is 0 Å². The van der Waals surface area contributed by atoms with Gasteiger partial charge in [-0.05, 0) is 40.5 Å². The lowest BCUT2D eigenvalue weighted by Crippen LogP contribution is -2.52. The van der Waals surface area contributed by atoms with Crippen LogP contribution in [0, 0.1) is 11.8 Å². The van der Waals surface area contributed by atoms with Crippen molar-refractivity contribution in [2.75, 3.05) is 11.9 Å². The lowest BCUT2D eigenvalue weighted by atomic mass is 9.67. The van der Waals surface area contributed by atoms with Crippen molar-refractivity contribution in [3.05, 3.63) is 35.8 Å². The maximum Gasteiger partial charge on any atom is 0.231 e. The van der Waals surface area contributed by atoms with E-state index in [1.807, 2.05) is 12.1 Å². The molecule has 0 spiro atoms. The van der Waals surface area contributed by atoms with Gasteiger partial charge in [0, 0.05) is 37.8 Å². The standard InChI is InChI=1S/C20H22ClF2N9O/c1-31-19(27-29-30-31)15-17(23)16(21)14(11-7-24-26-18(11)15)8-2-3-32-9(4-8)5-13(28-32)25-20(33)10-6-12(10)22/h2-5,10-12,14-18,24,26H,6-7H2,1H3,(H,25,28,33)/t10-,11?,12+,14?,15?,16?,17?,18?/m1/s1. The predicted molar refractivity (Wildman–Crippen MR) is 114 cm³/mol. The number of rotatable bonds is 4. The number of aromatic nitrogens is 6. The molecule has 6 rings (SSSR count). The van der Waals surface area contributed by atoms with Gasteiger partial charge in [-0.1, -0.05) is 0 Å². The van der Waals surface area contributed by atoms with E-state index in [-0.39, 0.29) is 30.2 Å². The van der Waals surface area contributed by atoms with Crippen LogP contribution < -0.4 is 16.2 Å². The van der Waals surface area contributed by atoms with Crippen molar-refractivity contribution in [3.63, 3.8) is 0 Å². The Hall–Kier alpha value is -2.70. The summed E-state index contributed by atoms with van der Waals surface area (Å²) in [5, 5.41) is 17.8. The summed E-state index contributed by atoms with van der Waals surface area (Å²) in [6.45, 7) is 0.616. The van der Waals surface area contributed by atoms with E-state index in [9.17, 15) is 9.18 Å². The number of aryl methyl sites for hydroxylation is 1. The van der Waals surface area contributed by atoms with Crippen molar-refractivity contribution in [2.24, 2.45) is 18.9 Å². The number of alkyl halides is 3. The molecule has 0 bridgehead atoms. The van der Waals surface area contributed by atoms with E-state index in [4.69, 9.17) is 11.6 Å². The summed E-state index contributed by atoms with van der Waals surface area (Å²) in [7, 11) is 1.69. The SMILES string of the molecule is Cn1nnnc1C1C(F)C(Cl)C(c2ccn3nc(NC(=O)[C@@H]4C[C@@H]4F)cc3c2)C2CNNC21. The largest absolute Gasteiger partial charge is 0.309 e. The number of halogens is 3. The molecule has 3 fully saturated rings. The molecule has 2 saturated carbocycles. The molecule has 2 aliphatic carbocycles. The Balaban J connectivity index is 1.30. The van der Waals surface area contributed by atoms with E-state index in [1.54, 1.807) is 23.8 Å². The summed E-state index contributed by atoms with van der Waals surface area (Å²) in [4.78, 5) is 12.0. The molecule has 174 valence electrons. The van der Waals surface area contributed by atoms with Crippen molar-refractivity contribution in [2.45, 2.75) is 42.0 Å². The number of amides is 1. The van der Waals surface area contributed by atoms with Crippen molar-refractivity contribution < 1.29 is 13.6 Å². The van der Waals surface area contributed by atoms with Gasteiger partial charge in [0.2, 0.25) is 5.91 Å². The second-order valence-corrected chi connectivity index (χ2v) is 9.53. The van der Waals surface area contributed by atoms with Crippen molar-refractivity contribution >= 4 is 28.8 Å². The topological polar surface area (TPSA) is 114 Å². The fourth-order valence-corrected chi connectivity index (χ4v) is 5.74. The lowest BCUT2D eigenvalue weighted by molar-refractivity contribution is -0.117. The second kappa shape index (κ2) is 7.67. The van der Waals surface area contributed by atoms with Gasteiger partial charge in [0.15, 0.2) is 11.6 Å². The predicted octanol–water partition coefficient (Wildman–Crippen LogP) is 1.07. The summed E-state index contributed by atoms with van der Waals surface area (Å²) < 4.78 is 32.0. The number of hydrazine groups is 1. The minimum absolute atomic E-state index is 0.00194. The number of pyridine rings is 1. The number of carbonyl (C=O) groups is 1. The van der Waals surface area contributed by atoms with Gasteiger partial charge in [0.05, 0.1) is 22.7 Å². The van der Waals surface area contributed by atoms with Crippen LogP contribution in [0.2, 0.25) is 0 Å². The molecule has 3 aromatic rings. The molecule has 3 aliphatic rings. The van der Waals surface area contributed by atoms with Crippen molar-refractivity contribution in [3.8, 4) is 0 Å². The van der Waals surface area contributed by atoms with Crippen LogP contribution in [0.25, 0.3) is 5.52 Å². The van der Waals surface area contributed by atoms with Gasteiger partial charge in [-0.2, -0.15) is 5.10 Å². The van der Waals surface area contributed by atoms with E-state index >= 15 is 4.39 Å². The molecule has 8 atom stereocenters. The Bertz CT molecular complexity index is 1220. The molecule has 1 aliphatic heterocycles. The third-order valence-electron chi connectivity index (χ3n) is 7.03. The molecule has 3 N–H and O–H groups in total. The molecule has 4 heterocycles. The highest BCUT2D eigenvalue weighted by atomic mass is 35.5. The number of hydrogen-bond donors (Lipinski definition) is 3. The zero-order valence-electron chi connectivity index (χ0n) is 17.6. The average Bonchev–Trinajstić information content (AvgIpc) is 3.16. The molecule has 1 amide bonds. The van der Waals surface area contributed by atoms with E-state index in [1.165, 1.54) is 4.68 Å². The number of anilines is 1. The van der Waals surface area contributed by atoms with Crippen LogP contribution in [0.3, 0.4) is 0 Å². The third-order valence-corrected chi connectivity index (χ3v) is 7.54. The highest BCUT2D eigenvalue weighted by molar-refractivity contribution is 6.21. The molecular formula is C20H22ClF2N9O. The molecule has 6 unspecified atom stereocenters. The zero-order valence-corrected chi connectivity index (χ0v) is 18.3. The van der Waals surface area contributed by atoms with Crippen molar-refractivity contribution in [1.82, 2.24) is 40.7 Å². The Morgan fingerprint density at radius 1 is 1.30 bits per heavy atom.